The second-order valence-corrected chi connectivity index (χ2v) is 4.89. The molecule has 16 heavy (non-hydrogen) atoms. The molecular formula is C12H22N2O2. The maximum Gasteiger partial charge on any atom is 0.121 e. The molecule has 2 aliphatic rings. The lowest BCUT2D eigenvalue weighted by atomic mass is 10.0. The first-order chi connectivity index (χ1) is 7.66. The Morgan fingerprint density at radius 1 is 1.50 bits per heavy atom. The van der Waals surface area contributed by atoms with Gasteiger partial charge in [-0.3, -0.25) is 0 Å². The molecule has 1 fully saturated rings. The third-order valence-electron chi connectivity index (χ3n) is 3.54. The number of ether oxygens (including phenoxy) is 1. The van der Waals surface area contributed by atoms with Gasteiger partial charge in [-0.15, -0.1) is 0 Å². The van der Waals surface area contributed by atoms with Gasteiger partial charge in [0.25, 0.3) is 0 Å². The quantitative estimate of drug-likeness (QED) is 0.750. The Kier molecular flexibility index (Phi) is 3.84. The molecule has 2 rings (SSSR count). The molecule has 2 aliphatic heterocycles. The van der Waals surface area contributed by atoms with E-state index < -0.39 is 6.10 Å². The van der Waals surface area contributed by atoms with Crippen LogP contribution < -0.4 is 0 Å². The van der Waals surface area contributed by atoms with Crippen molar-refractivity contribution in [2.75, 3.05) is 40.3 Å². The molecule has 0 amide bonds. The highest BCUT2D eigenvalue weighted by Crippen LogP contribution is 2.20. The smallest absolute Gasteiger partial charge is 0.121 e. The first kappa shape index (κ1) is 11.9. The third kappa shape index (κ3) is 2.75. The summed E-state index contributed by atoms with van der Waals surface area (Å²) in [5.74, 6) is 0.779. The van der Waals surface area contributed by atoms with Gasteiger partial charge >= 0.3 is 0 Å². The van der Waals surface area contributed by atoms with Gasteiger partial charge in [-0.05, 0) is 26.6 Å². The van der Waals surface area contributed by atoms with Crippen LogP contribution in [-0.2, 0) is 4.74 Å². The number of nitrogens with zero attached hydrogens (tertiary/aromatic N) is 2. The average molecular weight is 226 g/mol. The number of rotatable bonds is 3. The largest absolute Gasteiger partial charge is 0.495 e. The Bertz CT molecular complexity index is 268. The lowest BCUT2D eigenvalue weighted by Crippen LogP contribution is -2.51. The van der Waals surface area contributed by atoms with Crippen molar-refractivity contribution in [3.8, 4) is 0 Å². The number of aliphatic hydroxyl groups excluding tert-OH is 1. The predicted octanol–water partition coefficient (Wildman–Crippen LogP) is 0.287. The first-order valence-electron chi connectivity index (χ1n) is 6.06. The van der Waals surface area contributed by atoms with Crippen LogP contribution in [0.2, 0.25) is 0 Å². The molecule has 2 heterocycles. The molecule has 0 bridgehead atoms. The van der Waals surface area contributed by atoms with Gasteiger partial charge in [0.05, 0.1) is 6.61 Å². The summed E-state index contributed by atoms with van der Waals surface area (Å²) in [6.07, 6.45) is 3.29. The number of piperazine rings is 1. The van der Waals surface area contributed by atoms with E-state index in [0.717, 1.165) is 44.8 Å². The maximum atomic E-state index is 10.1. The Labute approximate surface area is 97.5 Å². The highest BCUT2D eigenvalue weighted by Gasteiger charge is 2.27. The second-order valence-electron chi connectivity index (χ2n) is 4.89. The highest BCUT2D eigenvalue weighted by atomic mass is 16.5. The fourth-order valence-electron chi connectivity index (χ4n) is 2.40. The van der Waals surface area contributed by atoms with Crippen LogP contribution in [0.1, 0.15) is 12.8 Å². The second kappa shape index (κ2) is 5.17. The van der Waals surface area contributed by atoms with E-state index in [1.807, 2.05) is 6.08 Å². The Morgan fingerprint density at radius 2 is 2.31 bits per heavy atom. The molecular weight excluding hydrogens is 204 g/mol. The van der Waals surface area contributed by atoms with Crippen LogP contribution in [0, 0.1) is 0 Å². The van der Waals surface area contributed by atoms with Crippen molar-refractivity contribution in [2.45, 2.75) is 25.0 Å². The highest BCUT2D eigenvalue weighted by molar-refractivity contribution is 5.05. The molecule has 0 aromatic heterocycles. The van der Waals surface area contributed by atoms with Gasteiger partial charge in [0.2, 0.25) is 0 Å². The summed E-state index contributed by atoms with van der Waals surface area (Å²) in [5.41, 5.74) is 0. The minimum Gasteiger partial charge on any atom is -0.495 e. The van der Waals surface area contributed by atoms with E-state index in [-0.39, 0.29) is 0 Å². The molecule has 0 saturated carbocycles. The Hall–Kier alpha value is -0.580. The fourth-order valence-corrected chi connectivity index (χ4v) is 2.40. The van der Waals surface area contributed by atoms with Crippen molar-refractivity contribution in [3.63, 3.8) is 0 Å². The molecule has 4 heteroatoms. The van der Waals surface area contributed by atoms with Crippen LogP contribution in [0.25, 0.3) is 0 Å². The van der Waals surface area contributed by atoms with E-state index in [0.29, 0.717) is 6.04 Å². The summed E-state index contributed by atoms with van der Waals surface area (Å²) in [7, 11) is 4.27. The van der Waals surface area contributed by atoms with Crippen LogP contribution in [0.5, 0.6) is 0 Å². The van der Waals surface area contributed by atoms with Crippen LogP contribution in [0.4, 0.5) is 0 Å². The predicted molar refractivity (Wildman–Crippen MR) is 63.2 cm³/mol. The van der Waals surface area contributed by atoms with Crippen LogP contribution in [-0.4, -0.2) is 67.4 Å². The first-order valence-corrected chi connectivity index (χ1v) is 6.06. The fraction of sp³-hybridized carbons (Fsp3) is 0.833. The standard InChI is InChI=1S/C12H22N2O2/c1-13-5-6-14(2)10(9-13)8-11(15)12-4-3-7-16-12/h4,10-11,15H,3,5-9H2,1-2H3. The monoisotopic (exact) mass is 226 g/mol. The van der Waals surface area contributed by atoms with Crippen molar-refractivity contribution >= 4 is 0 Å². The van der Waals surface area contributed by atoms with Crippen molar-refractivity contribution in [1.82, 2.24) is 9.80 Å². The number of likely N-dealkylation sites (N-methyl/N-ethyl adjacent to an activating group) is 2. The van der Waals surface area contributed by atoms with E-state index in [2.05, 4.69) is 23.9 Å². The van der Waals surface area contributed by atoms with Crippen molar-refractivity contribution in [2.24, 2.45) is 0 Å². The molecule has 0 spiro atoms. The summed E-state index contributed by atoms with van der Waals surface area (Å²) in [6.45, 7) is 3.95. The molecule has 0 aliphatic carbocycles. The van der Waals surface area contributed by atoms with Crippen LogP contribution in [0.3, 0.4) is 0 Å². The summed E-state index contributed by atoms with van der Waals surface area (Å²) in [5, 5.41) is 10.1. The van der Waals surface area contributed by atoms with Gasteiger partial charge in [-0.1, -0.05) is 0 Å². The van der Waals surface area contributed by atoms with Gasteiger partial charge in [-0.25, -0.2) is 0 Å². The molecule has 92 valence electrons. The number of aliphatic hydroxyl groups is 1. The molecule has 2 unspecified atom stereocenters. The third-order valence-corrected chi connectivity index (χ3v) is 3.54. The molecule has 2 atom stereocenters. The van der Waals surface area contributed by atoms with E-state index in [1.54, 1.807) is 0 Å². The van der Waals surface area contributed by atoms with Gasteiger partial charge in [0.15, 0.2) is 0 Å². The van der Waals surface area contributed by atoms with E-state index in [4.69, 9.17) is 4.74 Å². The molecule has 0 aromatic carbocycles. The number of hydrogen-bond acceptors (Lipinski definition) is 4. The zero-order chi connectivity index (χ0) is 11.5. The van der Waals surface area contributed by atoms with Gasteiger partial charge in [0.1, 0.15) is 11.9 Å². The van der Waals surface area contributed by atoms with Gasteiger partial charge in [0, 0.05) is 32.1 Å². The number of hydrogen-bond donors (Lipinski definition) is 1. The SMILES string of the molecule is CN1CCN(C)C(CC(O)C2=CCCO2)C1. The zero-order valence-electron chi connectivity index (χ0n) is 10.2. The molecule has 0 radical (unpaired) electrons. The van der Waals surface area contributed by atoms with Gasteiger partial charge in [-0.2, -0.15) is 0 Å². The topological polar surface area (TPSA) is 35.9 Å². The lowest BCUT2D eigenvalue weighted by molar-refractivity contribution is 0.0523. The summed E-state index contributed by atoms with van der Waals surface area (Å²) >= 11 is 0. The van der Waals surface area contributed by atoms with Crippen LogP contribution in [0.15, 0.2) is 11.8 Å². The summed E-state index contributed by atoms with van der Waals surface area (Å²) < 4.78 is 5.40. The molecule has 1 saturated heterocycles. The minimum absolute atomic E-state index is 0.429. The molecule has 1 N–H and O–H groups in total. The normalized spacial score (nSPS) is 29.9. The van der Waals surface area contributed by atoms with Crippen molar-refractivity contribution < 1.29 is 9.84 Å². The van der Waals surface area contributed by atoms with Gasteiger partial charge < -0.3 is 19.6 Å². The lowest BCUT2D eigenvalue weighted by Gasteiger charge is -2.38. The van der Waals surface area contributed by atoms with E-state index in [1.165, 1.54) is 0 Å². The minimum atomic E-state index is -0.429. The average Bonchev–Trinajstić information content (AvgIpc) is 2.76. The summed E-state index contributed by atoms with van der Waals surface area (Å²) in [4.78, 5) is 4.65. The van der Waals surface area contributed by atoms with E-state index >= 15 is 0 Å². The van der Waals surface area contributed by atoms with Crippen molar-refractivity contribution in [3.05, 3.63) is 11.8 Å². The zero-order valence-corrected chi connectivity index (χ0v) is 10.2. The van der Waals surface area contributed by atoms with Crippen molar-refractivity contribution in [1.29, 1.82) is 0 Å². The maximum absolute atomic E-state index is 10.1. The Morgan fingerprint density at radius 3 is 3.00 bits per heavy atom. The molecule has 0 aromatic rings. The van der Waals surface area contributed by atoms with Crippen LogP contribution >= 0.6 is 0 Å². The van der Waals surface area contributed by atoms with E-state index in [9.17, 15) is 5.11 Å². The summed E-state index contributed by atoms with van der Waals surface area (Å²) in [6, 6.07) is 0.429. The Balaban J connectivity index is 1.87. The molecule has 4 nitrogen and oxygen atoms in total.